The summed E-state index contributed by atoms with van der Waals surface area (Å²) in [7, 11) is 1.59. The Bertz CT molecular complexity index is 2020. The standard InChI is InChI=1S/C34H34N4O4S/c1-7-36(8-2)31(39)26-20(5)35-34-38(29(26)27-22-14-10-9-13-21(22)17-18-25(27)42-6)33(41)30(43-34)28-23-15-11-12-16-24(23)37(19(3)4)32(28)40/h9-19,29H,7-8H2,1-6H3/b30-28-/t29-/m0/s1. The van der Waals surface area contributed by atoms with Gasteiger partial charge in [-0.05, 0) is 57.5 Å². The number of anilines is 1. The smallest absolute Gasteiger partial charge is 0.271 e. The second-order valence-electron chi connectivity index (χ2n) is 10.9. The zero-order valence-electron chi connectivity index (χ0n) is 25.2. The molecule has 8 nitrogen and oxygen atoms in total. The van der Waals surface area contributed by atoms with Crippen molar-refractivity contribution in [3.63, 3.8) is 0 Å². The summed E-state index contributed by atoms with van der Waals surface area (Å²) >= 11 is 1.19. The second-order valence-corrected chi connectivity index (χ2v) is 11.9. The van der Waals surface area contributed by atoms with Gasteiger partial charge in [-0.1, -0.05) is 59.9 Å². The number of rotatable bonds is 6. The highest BCUT2D eigenvalue weighted by atomic mass is 32.1. The van der Waals surface area contributed by atoms with Gasteiger partial charge in [-0.3, -0.25) is 19.0 Å². The first-order chi connectivity index (χ1) is 20.7. The summed E-state index contributed by atoms with van der Waals surface area (Å²) in [5, 5.41) is 1.83. The van der Waals surface area contributed by atoms with Gasteiger partial charge in [0.2, 0.25) is 0 Å². The normalized spacial score (nSPS) is 17.3. The van der Waals surface area contributed by atoms with Crippen LogP contribution in [0.3, 0.4) is 0 Å². The van der Waals surface area contributed by atoms with Crippen molar-refractivity contribution in [1.82, 2.24) is 9.47 Å². The summed E-state index contributed by atoms with van der Waals surface area (Å²) < 4.78 is 7.80. The van der Waals surface area contributed by atoms with Gasteiger partial charge in [0.15, 0.2) is 4.80 Å². The number of nitrogens with zero attached hydrogens (tertiary/aromatic N) is 4. The van der Waals surface area contributed by atoms with E-state index in [0.29, 0.717) is 50.6 Å². The van der Waals surface area contributed by atoms with E-state index in [9.17, 15) is 14.4 Å². The van der Waals surface area contributed by atoms with E-state index in [1.165, 1.54) is 11.3 Å². The molecule has 220 valence electrons. The Labute approximate surface area is 253 Å². The third kappa shape index (κ3) is 4.33. The van der Waals surface area contributed by atoms with E-state index >= 15 is 0 Å². The molecule has 0 saturated heterocycles. The van der Waals surface area contributed by atoms with E-state index < -0.39 is 6.04 Å². The van der Waals surface area contributed by atoms with Gasteiger partial charge < -0.3 is 14.5 Å². The van der Waals surface area contributed by atoms with Crippen LogP contribution in [0.15, 0.2) is 81.7 Å². The van der Waals surface area contributed by atoms with Crippen molar-refractivity contribution >= 4 is 45.2 Å². The minimum absolute atomic E-state index is 0.0944. The molecule has 2 amide bonds. The number of benzene rings is 3. The van der Waals surface area contributed by atoms with E-state index in [1.807, 2.05) is 95.3 Å². The van der Waals surface area contributed by atoms with E-state index in [2.05, 4.69) is 0 Å². The molecule has 2 aliphatic rings. The molecular weight excluding hydrogens is 560 g/mol. The van der Waals surface area contributed by atoms with Gasteiger partial charge in [0.05, 0.1) is 29.6 Å². The number of methoxy groups -OCH3 is 1. The van der Waals surface area contributed by atoms with E-state index in [1.54, 1.807) is 21.5 Å². The van der Waals surface area contributed by atoms with Gasteiger partial charge in [0, 0.05) is 30.3 Å². The minimum Gasteiger partial charge on any atom is -0.496 e. The molecule has 9 heteroatoms. The number of carbonyl (C=O) groups excluding carboxylic acids is 2. The number of thiazole rings is 1. The van der Waals surface area contributed by atoms with Crippen molar-refractivity contribution in [2.45, 2.75) is 46.7 Å². The molecule has 3 heterocycles. The number of para-hydroxylation sites is 1. The van der Waals surface area contributed by atoms with Crippen molar-refractivity contribution < 1.29 is 14.3 Å². The molecule has 0 aliphatic carbocycles. The van der Waals surface area contributed by atoms with Gasteiger partial charge in [0.1, 0.15) is 16.3 Å². The topological polar surface area (TPSA) is 84.2 Å². The summed E-state index contributed by atoms with van der Waals surface area (Å²) in [4.78, 5) is 51.5. The largest absolute Gasteiger partial charge is 0.496 e. The van der Waals surface area contributed by atoms with Crippen LogP contribution in [-0.2, 0) is 9.59 Å². The molecule has 3 aromatic carbocycles. The van der Waals surface area contributed by atoms with Crippen LogP contribution in [0, 0.1) is 0 Å². The van der Waals surface area contributed by atoms with Gasteiger partial charge in [-0.2, -0.15) is 0 Å². The molecule has 0 bridgehead atoms. The molecule has 6 rings (SSSR count). The fourth-order valence-electron chi connectivity index (χ4n) is 6.31. The fourth-order valence-corrected chi connectivity index (χ4v) is 7.44. The predicted molar refractivity (Wildman–Crippen MR) is 170 cm³/mol. The number of hydrogen-bond donors (Lipinski definition) is 0. The zero-order chi connectivity index (χ0) is 30.6. The minimum atomic E-state index is -0.812. The van der Waals surface area contributed by atoms with Crippen LogP contribution in [0.5, 0.6) is 5.75 Å². The van der Waals surface area contributed by atoms with Crippen LogP contribution in [0.1, 0.15) is 51.8 Å². The SMILES string of the molecule is CCN(CC)C(=O)C1=C(C)N=c2s/c(=C3\C(=O)N(C(C)C)c4ccccc43)c(=O)n2[C@@H]1c1c(OC)ccc2ccccc12. The van der Waals surface area contributed by atoms with E-state index in [0.717, 1.165) is 22.0 Å². The molecule has 0 saturated carbocycles. The second kappa shape index (κ2) is 11.0. The van der Waals surface area contributed by atoms with Gasteiger partial charge in [0.25, 0.3) is 17.4 Å². The van der Waals surface area contributed by atoms with E-state index in [-0.39, 0.29) is 23.4 Å². The van der Waals surface area contributed by atoms with Crippen molar-refractivity contribution in [3.05, 3.63) is 103 Å². The Morgan fingerprint density at radius 1 is 1.02 bits per heavy atom. The number of aromatic nitrogens is 1. The van der Waals surface area contributed by atoms with Crippen molar-refractivity contribution in [2.75, 3.05) is 25.1 Å². The van der Waals surface area contributed by atoms with Gasteiger partial charge in [-0.15, -0.1) is 0 Å². The first kappa shape index (κ1) is 28.6. The molecule has 4 aromatic rings. The number of amides is 2. The first-order valence-corrected chi connectivity index (χ1v) is 15.4. The number of allylic oxidation sites excluding steroid dienone is 1. The highest BCUT2D eigenvalue weighted by Crippen LogP contribution is 2.41. The molecule has 1 aromatic heterocycles. The number of fused-ring (bicyclic) bond motifs is 3. The van der Waals surface area contributed by atoms with Gasteiger partial charge in [-0.25, -0.2) is 4.99 Å². The summed E-state index contributed by atoms with van der Waals surface area (Å²) in [6.45, 7) is 10.6. The maximum atomic E-state index is 14.7. The number of ether oxygens (including phenoxy) is 1. The molecule has 0 radical (unpaired) electrons. The third-order valence-electron chi connectivity index (χ3n) is 8.31. The Morgan fingerprint density at radius 2 is 1.72 bits per heavy atom. The Balaban J connectivity index is 1.73. The molecule has 0 spiro atoms. The maximum absolute atomic E-state index is 14.7. The van der Waals surface area contributed by atoms with Crippen molar-refractivity contribution in [1.29, 1.82) is 0 Å². The monoisotopic (exact) mass is 594 g/mol. The molecular formula is C34H34N4O4S. The lowest BCUT2D eigenvalue weighted by molar-refractivity contribution is -0.127. The van der Waals surface area contributed by atoms with Crippen molar-refractivity contribution in [3.8, 4) is 5.75 Å². The number of hydrogen-bond acceptors (Lipinski definition) is 6. The summed E-state index contributed by atoms with van der Waals surface area (Å²) in [6.07, 6.45) is 0. The fraction of sp³-hybridized carbons (Fsp3) is 0.294. The van der Waals surface area contributed by atoms with Crippen LogP contribution in [-0.4, -0.2) is 47.5 Å². The summed E-state index contributed by atoms with van der Waals surface area (Å²) in [6, 6.07) is 18.4. The van der Waals surface area contributed by atoms with Crippen LogP contribution < -0.4 is 24.5 Å². The predicted octanol–water partition coefficient (Wildman–Crippen LogP) is 4.39. The van der Waals surface area contributed by atoms with Gasteiger partial charge >= 0.3 is 0 Å². The highest BCUT2D eigenvalue weighted by Gasteiger charge is 2.39. The van der Waals surface area contributed by atoms with Crippen LogP contribution in [0.4, 0.5) is 5.69 Å². The summed E-state index contributed by atoms with van der Waals surface area (Å²) in [5.41, 5.74) is 3.19. The zero-order valence-corrected chi connectivity index (χ0v) is 26.0. The lowest BCUT2D eigenvalue weighted by atomic mass is 9.90. The Morgan fingerprint density at radius 3 is 2.42 bits per heavy atom. The number of likely N-dealkylation sites (N-methyl/N-ethyl adjacent to an activating group) is 1. The van der Waals surface area contributed by atoms with E-state index in [4.69, 9.17) is 9.73 Å². The first-order valence-electron chi connectivity index (χ1n) is 14.6. The molecule has 0 N–H and O–H groups in total. The lowest BCUT2D eigenvalue weighted by Gasteiger charge is -2.30. The van der Waals surface area contributed by atoms with Crippen LogP contribution in [0.2, 0.25) is 0 Å². The summed E-state index contributed by atoms with van der Waals surface area (Å²) in [5.74, 6) is 0.170. The van der Waals surface area contributed by atoms with Crippen LogP contribution in [0.25, 0.3) is 16.3 Å². The van der Waals surface area contributed by atoms with Crippen molar-refractivity contribution in [2.24, 2.45) is 4.99 Å². The Kier molecular flexibility index (Phi) is 7.30. The van der Waals surface area contributed by atoms with Crippen LogP contribution >= 0.6 is 11.3 Å². The molecule has 1 atom stereocenters. The maximum Gasteiger partial charge on any atom is 0.271 e. The Hall–Kier alpha value is -4.50. The molecule has 0 unspecified atom stereocenters. The average molecular weight is 595 g/mol. The quantitative estimate of drug-likeness (QED) is 0.332. The highest BCUT2D eigenvalue weighted by molar-refractivity contribution is 7.07. The molecule has 0 fully saturated rings. The third-order valence-corrected chi connectivity index (χ3v) is 9.36. The average Bonchev–Trinajstić information content (AvgIpc) is 3.48. The molecule has 43 heavy (non-hydrogen) atoms. The molecule has 2 aliphatic heterocycles. The number of carbonyl (C=O) groups is 2. The lowest BCUT2D eigenvalue weighted by Crippen LogP contribution is -2.43.